The van der Waals surface area contributed by atoms with Crippen molar-refractivity contribution in [2.75, 3.05) is 51.3 Å². The largest absolute Gasteiger partial charge is 0.383 e. The summed E-state index contributed by atoms with van der Waals surface area (Å²) in [4.78, 5) is 35.2. The lowest BCUT2D eigenvalue weighted by Crippen LogP contribution is -2.46. The third-order valence-electron chi connectivity index (χ3n) is 3.41. The molecule has 22 heavy (non-hydrogen) atoms. The van der Waals surface area contributed by atoms with Crippen molar-refractivity contribution in [3.63, 3.8) is 0 Å². The van der Waals surface area contributed by atoms with E-state index in [-0.39, 0.29) is 5.91 Å². The second-order valence-electron chi connectivity index (χ2n) is 5.07. The van der Waals surface area contributed by atoms with Crippen LogP contribution in [0.25, 0.3) is 0 Å². The second kappa shape index (κ2) is 7.69. The third-order valence-corrected chi connectivity index (χ3v) is 3.41. The first kappa shape index (κ1) is 16.2. The fourth-order valence-electron chi connectivity index (χ4n) is 2.20. The predicted molar refractivity (Wildman–Crippen MR) is 80.8 cm³/mol. The topological polar surface area (TPSA) is 87.7 Å². The molecule has 0 unspecified atom stereocenters. The zero-order valence-electron chi connectivity index (χ0n) is 12.9. The van der Waals surface area contributed by atoms with Crippen molar-refractivity contribution in [1.29, 1.82) is 0 Å². The molecular formula is C14H21N5O3. The first-order chi connectivity index (χ1) is 10.6. The van der Waals surface area contributed by atoms with Crippen molar-refractivity contribution in [2.45, 2.75) is 6.92 Å². The summed E-state index contributed by atoms with van der Waals surface area (Å²) in [5, 5.41) is 2.75. The van der Waals surface area contributed by atoms with Gasteiger partial charge in [-0.15, -0.1) is 0 Å². The van der Waals surface area contributed by atoms with Crippen LogP contribution >= 0.6 is 0 Å². The number of nitrogens with zero attached hydrogens (tertiary/aromatic N) is 4. The molecule has 2 heterocycles. The first-order valence-corrected chi connectivity index (χ1v) is 7.21. The molecule has 120 valence electrons. The third kappa shape index (κ3) is 4.14. The lowest BCUT2D eigenvalue weighted by molar-refractivity contribution is -0.118. The van der Waals surface area contributed by atoms with E-state index in [0.29, 0.717) is 51.0 Å². The lowest BCUT2D eigenvalue weighted by atomic mass is 10.3. The molecule has 1 saturated heterocycles. The number of piperazine rings is 1. The van der Waals surface area contributed by atoms with Crippen molar-refractivity contribution in [3.8, 4) is 0 Å². The Hall–Kier alpha value is -2.22. The normalized spacial score (nSPS) is 14.8. The van der Waals surface area contributed by atoms with Gasteiger partial charge >= 0.3 is 0 Å². The SMILES string of the molecule is COCCNC(=O)c1cc(C)nc(N2CCN(C=O)CC2)n1. The zero-order chi connectivity index (χ0) is 15.9. The number of carbonyl (C=O) groups excluding carboxylic acids is 2. The van der Waals surface area contributed by atoms with E-state index in [2.05, 4.69) is 15.3 Å². The molecule has 1 aromatic rings. The van der Waals surface area contributed by atoms with E-state index in [0.717, 1.165) is 12.1 Å². The molecule has 0 atom stereocenters. The molecule has 0 aromatic carbocycles. The highest BCUT2D eigenvalue weighted by Gasteiger charge is 2.19. The number of aromatic nitrogens is 2. The van der Waals surface area contributed by atoms with Crippen LogP contribution in [-0.2, 0) is 9.53 Å². The van der Waals surface area contributed by atoms with E-state index < -0.39 is 0 Å². The number of aryl methyl sites for hydroxylation is 1. The summed E-state index contributed by atoms with van der Waals surface area (Å²) in [5.41, 5.74) is 1.08. The van der Waals surface area contributed by atoms with E-state index in [4.69, 9.17) is 4.74 Å². The zero-order valence-corrected chi connectivity index (χ0v) is 12.9. The van der Waals surface area contributed by atoms with Gasteiger partial charge in [-0.2, -0.15) is 0 Å². The maximum Gasteiger partial charge on any atom is 0.270 e. The van der Waals surface area contributed by atoms with Gasteiger partial charge in [-0.1, -0.05) is 0 Å². The molecule has 1 N–H and O–H groups in total. The number of ether oxygens (including phenoxy) is 1. The van der Waals surface area contributed by atoms with Crippen molar-refractivity contribution < 1.29 is 14.3 Å². The summed E-state index contributed by atoms with van der Waals surface area (Å²) in [7, 11) is 1.58. The molecular weight excluding hydrogens is 286 g/mol. The number of anilines is 1. The van der Waals surface area contributed by atoms with E-state index in [1.165, 1.54) is 0 Å². The molecule has 0 saturated carbocycles. The van der Waals surface area contributed by atoms with Crippen LogP contribution in [0.5, 0.6) is 0 Å². The van der Waals surface area contributed by atoms with Crippen molar-refractivity contribution in [2.24, 2.45) is 0 Å². The second-order valence-corrected chi connectivity index (χ2v) is 5.07. The van der Waals surface area contributed by atoms with Crippen LogP contribution in [0, 0.1) is 6.92 Å². The molecule has 2 amide bonds. The fourth-order valence-corrected chi connectivity index (χ4v) is 2.20. The summed E-state index contributed by atoms with van der Waals surface area (Å²) in [5.74, 6) is 0.290. The number of hydrogen-bond donors (Lipinski definition) is 1. The number of hydrogen-bond acceptors (Lipinski definition) is 6. The fraction of sp³-hybridized carbons (Fsp3) is 0.571. The van der Waals surface area contributed by atoms with Gasteiger partial charge in [0, 0.05) is 45.5 Å². The Balaban J connectivity index is 2.06. The molecule has 0 bridgehead atoms. The molecule has 1 aliphatic rings. The van der Waals surface area contributed by atoms with Gasteiger partial charge in [0.25, 0.3) is 5.91 Å². The Kier molecular flexibility index (Phi) is 5.65. The molecule has 0 aliphatic carbocycles. The van der Waals surface area contributed by atoms with Crippen LogP contribution in [0.3, 0.4) is 0 Å². The van der Waals surface area contributed by atoms with Crippen LogP contribution in [0.4, 0.5) is 5.95 Å². The Labute approximate surface area is 129 Å². The Morgan fingerprint density at radius 2 is 2.09 bits per heavy atom. The number of rotatable bonds is 6. The maximum absolute atomic E-state index is 12.1. The average molecular weight is 307 g/mol. The van der Waals surface area contributed by atoms with Crippen LogP contribution < -0.4 is 10.2 Å². The molecule has 0 radical (unpaired) electrons. The molecule has 2 rings (SSSR count). The van der Waals surface area contributed by atoms with E-state index in [1.807, 2.05) is 11.8 Å². The van der Waals surface area contributed by atoms with Crippen molar-refractivity contribution in [3.05, 3.63) is 17.5 Å². The highest BCUT2D eigenvalue weighted by molar-refractivity contribution is 5.92. The average Bonchev–Trinajstić information content (AvgIpc) is 2.54. The quantitative estimate of drug-likeness (QED) is 0.560. The van der Waals surface area contributed by atoms with Gasteiger partial charge in [0.15, 0.2) is 0 Å². The van der Waals surface area contributed by atoms with Crippen molar-refractivity contribution in [1.82, 2.24) is 20.2 Å². The van der Waals surface area contributed by atoms with Gasteiger partial charge in [-0.3, -0.25) is 9.59 Å². The van der Waals surface area contributed by atoms with Gasteiger partial charge in [0.1, 0.15) is 5.69 Å². The Morgan fingerprint density at radius 3 is 2.73 bits per heavy atom. The van der Waals surface area contributed by atoms with Crippen LogP contribution in [-0.4, -0.2) is 73.6 Å². The van der Waals surface area contributed by atoms with Gasteiger partial charge < -0.3 is 19.9 Å². The number of nitrogens with one attached hydrogen (secondary N) is 1. The van der Waals surface area contributed by atoms with Crippen LogP contribution in [0.2, 0.25) is 0 Å². The smallest absolute Gasteiger partial charge is 0.270 e. The summed E-state index contributed by atoms with van der Waals surface area (Å²) < 4.78 is 4.90. The van der Waals surface area contributed by atoms with Gasteiger partial charge in [-0.05, 0) is 13.0 Å². The summed E-state index contributed by atoms with van der Waals surface area (Å²) >= 11 is 0. The number of methoxy groups -OCH3 is 1. The van der Waals surface area contributed by atoms with Crippen LogP contribution in [0.1, 0.15) is 16.2 Å². The minimum atomic E-state index is -0.240. The highest BCUT2D eigenvalue weighted by atomic mass is 16.5. The molecule has 1 aliphatic heterocycles. The molecule has 8 heteroatoms. The monoisotopic (exact) mass is 307 g/mol. The highest BCUT2D eigenvalue weighted by Crippen LogP contribution is 2.12. The predicted octanol–water partition coefficient (Wildman–Crippen LogP) is -0.560. The van der Waals surface area contributed by atoms with Crippen LogP contribution in [0.15, 0.2) is 6.07 Å². The Morgan fingerprint density at radius 1 is 1.36 bits per heavy atom. The van der Waals surface area contributed by atoms with Crippen molar-refractivity contribution >= 4 is 18.3 Å². The summed E-state index contributed by atoms with van der Waals surface area (Å²) in [6.07, 6.45) is 0.850. The van der Waals surface area contributed by atoms with E-state index in [1.54, 1.807) is 18.1 Å². The van der Waals surface area contributed by atoms with Gasteiger partial charge in [0.2, 0.25) is 12.4 Å². The van der Waals surface area contributed by atoms with Gasteiger partial charge in [0.05, 0.1) is 6.61 Å². The first-order valence-electron chi connectivity index (χ1n) is 7.21. The lowest BCUT2D eigenvalue weighted by Gasteiger charge is -2.32. The molecule has 8 nitrogen and oxygen atoms in total. The van der Waals surface area contributed by atoms with Gasteiger partial charge in [-0.25, -0.2) is 9.97 Å². The standard InChI is InChI=1S/C14H21N5O3/c1-11-9-12(13(21)15-3-8-22-2)17-14(16-11)19-6-4-18(10-20)5-7-19/h9-10H,3-8H2,1-2H3,(H,15,21). The molecule has 1 fully saturated rings. The maximum atomic E-state index is 12.1. The minimum absolute atomic E-state index is 0.240. The summed E-state index contributed by atoms with van der Waals surface area (Å²) in [6.45, 7) is 5.31. The van der Waals surface area contributed by atoms with E-state index >= 15 is 0 Å². The summed E-state index contributed by atoms with van der Waals surface area (Å²) in [6, 6.07) is 1.66. The minimum Gasteiger partial charge on any atom is -0.383 e. The Bertz CT molecular complexity index is 529. The number of amides is 2. The molecule has 1 aromatic heterocycles. The number of carbonyl (C=O) groups is 2. The van der Waals surface area contributed by atoms with E-state index in [9.17, 15) is 9.59 Å². The molecule has 0 spiro atoms.